The first kappa shape index (κ1) is 13.7. The van der Waals surface area contributed by atoms with E-state index in [1.165, 1.54) is 0 Å². The Kier molecular flexibility index (Phi) is 4.00. The number of furan rings is 1. The average molecular weight is 321 g/mol. The zero-order chi connectivity index (χ0) is 14.0. The molecule has 0 bridgehead atoms. The van der Waals surface area contributed by atoms with Crippen LogP contribution < -0.4 is 0 Å². The van der Waals surface area contributed by atoms with E-state index in [4.69, 9.17) is 4.42 Å². The molecule has 3 nitrogen and oxygen atoms in total. The molecule has 1 aromatic carbocycles. The maximum Gasteiger partial charge on any atom is 0.174 e. The highest BCUT2D eigenvalue weighted by atomic mass is 79.9. The minimum absolute atomic E-state index is 0.150. The lowest BCUT2D eigenvalue weighted by Crippen LogP contribution is -2.09. The van der Waals surface area contributed by atoms with Gasteiger partial charge in [-0.1, -0.05) is 34.1 Å². The van der Waals surface area contributed by atoms with Crippen molar-refractivity contribution >= 4 is 27.5 Å². The molecule has 19 heavy (non-hydrogen) atoms. The van der Waals surface area contributed by atoms with Gasteiger partial charge in [0.25, 0.3) is 0 Å². The Morgan fingerprint density at radius 2 is 1.74 bits per heavy atom. The van der Waals surface area contributed by atoms with Crippen LogP contribution in [0.3, 0.4) is 0 Å². The summed E-state index contributed by atoms with van der Waals surface area (Å²) < 4.78 is 6.01. The van der Waals surface area contributed by atoms with Crippen molar-refractivity contribution in [2.75, 3.05) is 0 Å². The molecular formula is C15H13BrO3. The van der Waals surface area contributed by atoms with Gasteiger partial charge in [0, 0.05) is 10.0 Å². The van der Waals surface area contributed by atoms with Gasteiger partial charge in [-0.15, -0.1) is 0 Å². The van der Waals surface area contributed by atoms with E-state index in [0.29, 0.717) is 27.1 Å². The monoisotopic (exact) mass is 320 g/mol. The third kappa shape index (κ3) is 3.01. The number of aryl methyl sites for hydroxylation is 2. The van der Waals surface area contributed by atoms with E-state index in [-0.39, 0.29) is 18.0 Å². The molecule has 98 valence electrons. The minimum atomic E-state index is -0.213. The van der Waals surface area contributed by atoms with Crippen molar-refractivity contribution < 1.29 is 14.0 Å². The van der Waals surface area contributed by atoms with Crippen molar-refractivity contribution in [2.45, 2.75) is 20.3 Å². The van der Waals surface area contributed by atoms with Crippen molar-refractivity contribution in [2.24, 2.45) is 0 Å². The zero-order valence-electron chi connectivity index (χ0n) is 10.7. The molecule has 2 aromatic rings. The topological polar surface area (TPSA) is 47.3 Å². The molecule has 0 amide bonds. The first-order valence-electron chi connectivity index (χ1n) is 5.87. The van der Waals surface area contributed by atoms with Gasteiger partial charge in [0.15, 0.2) is 11.6 Å². The molecule has 0 aliphatic heterocycles. The van der Waals surface area contributed by atoms with Gasteiger partial charge in [-0.2, -0.15) is 0 Å². The number of rotatable bonds is 4. The third-order valence-corrected chi connectivity index (χ3v) is 3.53. The van der Waals surface area contributed by atoms with Gasteiger partial charge in [-0.25, -0.2) is 0 Å². The van der Waals surface area contributed by atoms with E-state index >= 15 is 0 Å². The van der Waals surface area contributed by atoms with Crippen molar-refractivity contribution in [3.8, 4) is 0 Å². The second-order valence-electron chi connectivity index (χ2n) is 4.33. The van der Waals surface area contributed by atoms with Crippen molar-refractivity contribution in [1.29, 1.82) is 0 Å². The van der Waals surface area contributed by atoms with E-state index in [9.17, 15) is 9.59 Å². The van der Waals surface area contributed by atoms with E-state index in [2.05, 4.69) is 15.9 Å². The molecule has 0 radical (unpaired) electrons. The van der Waals surface area contributed by atoms with Crippen LogP contribution in [-0.4, -0.2) is 11.6 Å². The maximum atomic E-state index is 12.1. The average Bonchev–Trinajstić information content (AvgIpc) is 2.69. The fourth-order valence-electron chi connectivity index (χ4n) is 1.93. The number of benzene rings is 1. The highest BCUT2D eigenvalue weighted by Crippen LogP contribution is 2.20. The van der Waals surface area contributed by atoms with Crippen LogP contribution in [0.4, 0.5) is 0 Å². The standard InChI is InChI=1S/C15H13BrO3/c1-9-7-12(10(2)19-9)15(18)8-14(17)11-5-3-4-6-13(11)16/h3-7H,8H2,1-2H3. The molecule has 0 N–H and O–H groups in total. The zero-order valence-corrected chi connectivity index (χ0v) is 12.3. The lowest BCUT2D eigenvalue weighted by atomic mass is 10.0. The van der Waals surface area contributed by atoms with E-state index < -0.39 is 0 Å². The molecule has 0 saturated heterocycles. The Morgan fingerprint density at radius 1 is 1.11 bits per heavy atom. The molecule has 0 unspecified atom stereocenters. The number of hydrogen-bond acceptors (Lipinski definition) is 3. The van der Waals surface area contributed by atoms with Crippen LogP contribution in [0, 0.1) is 13.8 Å². The van der Waals surface area contributed by atoms with Crippen LogP contribution >= 0.6 is 15.9 Å². The summed E-state index contributed by atoms with van der Waals surface area (Å²) in [6, 6.07) is 8.76. The molecule has 0 saturated carbocycles. The van der Waals surface area contributed by atoms with Crippen LogP contribution in [0.15, 0.2) is 39.2 Å². The van der Waals surface area contributed by atoms with Crippen LogP contribution in [0.2, 0.25) is 0 Å². The second-order valence-corrected chi connectivity index (χ2v) is 5.18. The summed E-state index contributed by atoms with van der Waals surface area (Å²) in [6.45, 7) is 3.50. The van der Waals surface area contributed by atoms with E-state index in [0.717, 1.165) is 0 Å². The van der Waals surface area contributed by atoms with Gasteiger partial charge >= 0.3 is 0 Å². The molecular weight excluding hydrogens is 308 g/mol. The quantitative estimate of drug-likeness (QED) is 0.629. The Balaban J connectivity index is 2.18. The number of Topliss-reactive ketones (excluding diaryl/α,β-unsaturated/α-hetero) is 2. The van der Waals surface area contributed by atoms with Gasteiger partial charge in [0.05, 0.1) is 12.0 Å². The Labute approximate surface area is 119 Å². The first-order chi connectivity index (χ1) is 8.99. The number of carbonyl (C=O) groups excluding carboxylic acids is 2. The lowest BCUT2D eigenvalue weighted by molar-refractivity contribution is 0.0893. The van der Waals surface area contributed by atoms with Gasteiger partial charge in [-0.3, -0.25) is 9.59 Å². The Morgan fingerprint density at radius 3 is 2.32 bits per heavy atom. The van der Waals surface area contributed by atoms with Crippen LogP contribution in [0.5, 0.6) is 0 Å². The summed E-state index contributed by atoms with van der Waals surface area (Å²) in [5.74, 6) is 0.822. The van der Waals surface area contributed by atoms with Crippen molar-refractivity contribution in [3.63, 3.8) is 0 Å². The molecule has 0 fully saturated rings. The molecule has 0 atom stereocenters. The molecule has 4 heteroatoms. The number of hydrogen-bond donors (Lipinski definition) is 0. The fraction of sp³-hybridized carbons (Fsp3) is 0.200. The Hall–Kier alpha value is -1.68. The molecule has 0 aliphatic carbocycles. The fourth-order valence-corrected chi connectivity index (χ4v) is 2.44. The summed E-state index contributed by atoms with van der Waals surface area (Å²) in [4.78, 5) is 24.2. The van der Waals surface area contributed by atoms with Crippen LogP contribution in [0.25, 0.3) is 0 Å². The van der Waals surface area contributed by atoms with Gasteiger partial charge in [0.1, 0.15) is 11.5 Å². The minimum Gasteiger partial charge on any atom is -0.466 e. The molecule has 0 aliphatic rings. The Bertz CT molecular complexity index is 641. The van der Waals surface area contributed by atoms with Crippen molar-refractivity contribution in [1.82, 2.24) is 0 Å². The van der Waals surface area contributed by atoms with Crippen molar-refractivity contribution in [3.05, 3.63) is 57.5 Å². The highest BCUT2D eigenvalue weighted by Gasteiger charge is 2.19. The molecule has 2 rings (SSSR count). The van der Waals surface area contributed by atoms with Crippen LogP contribution in [0.1, 0.15) is 38.7 Å². The van der Waals surface area contributed by atoms with Gasteiger partial charge < -0.3 is 4.42 Å². The number of carbonyl (C=O) groups is 2. The first-order valence-corrected chi connectivity index (χ1v) is 6.66. The largest absolute Gasteiger partial charge is 0.466 e. The maximum absolute atomic E-state index is 12.1. The predicted octanol–water partition coefficient (Wildman–Crippen LogP) is 4.11. The smallest absolute Gasteiger partial charge is 0.174 e. The van der Waals surface area contributed by atoms with Gasteiger partial charge in [-0.05, 0) is 26.0 Å². The SMILES string of the molecule is Cc1cc(C(=O)CC(=O)c2ccccc2Br)c(C)o1. The molecule has 1 aromatic heterocycles. The number of halogens is 1. The summed E-state index contributed by atoms with van der Waals surface area (Å²) in [5.41, 5.74) is 1.01. The van der Waals surface area contributed by atoms with Crippen LogP contribution in [-0.2, 0) is 0 Å². The number of ketones is 2. The molecule has 1 heterocycles. The normalized spacial score (nSPS) is 10.5. The van der Waals surface area contributed by atoms with Gasteiger partial charge in [0.2, 0.25) is 0 Å². The van der Waals surface area contributed by atoms with E-state index in [1.807, 2.05) is 6.07 Å². The summed E-state index contributed by atoms with van der Waals surface area (Å²) in [5, 5.41) is 0. The lowest BCUT2D eigenvalue weighted by Gasteiger charge is -2.02. The summed E-state index contributed by atoms with van der Waals surface area (Å²) >= 11 is 3.31. The highest BCUT2D eigenvalue weighted by molar-refractivity contribution is 9.10. The third-order valence-electron chi connectivity index (χ3n) is 2.84. The summed E-state index contributed by atoms with van der Waals surface area (Å²) in [7, 11) is 0. The summed E-state index contributed by atoms with van der Waals surface area (Å²) in [6.07, 6.45) is -0.150. The predicted molar refractivity (Wildman–Crippen MR) is 75.6 cm³/mol. The second kappa shape index (κ2) is 5.53. The molecule has 0 spiro atoms. The van der Waals surface area contributed by atoms with E-state index in [1.54, 1.807) is 38.1 Å².